The maximum Gasteiger partial charge on any atom is 0.157 e. The molecule has 0 saturated carbocycles. The average Bonchev–Trinajstić information content (AvgIpc) is 2.96. The van der Waals surface area contributed by atoms with Crippen molar-refractivity contribution in [3.8, 4) is 0 Å². The Kier molecular flexibility index (Phi) is 5.39. The number of rotatable bonds is 6. The number of benzene rings is 1. The fraction of sp³-hybridized carbons (Fsp3) is 0.188. The minimum atomic E-state index is 0.138. The van der Waals surface area contributed by atoms with Crippen LogP contribution in [0.15, 0.2) is 47.9 Å². The van der Waals surface area contributed by atoms with Crippen LogP contribution >= 0.6 is 22.9 Å². The molecule has 0 unspecified atom stereocenters. The highest BCUT2D eigenvalue weighted by molar-refractivity contribution is 7.10. The molecule has 1 aromatic carbocycles. The Labute approximate surface area is 128 Å². The molecule has 0 amide bonds. The molecule has 2 aromatic rings. The van der Waals surface area contributed by atoms with Crippen molar-refractivity contribution in [2.45, 2.75) is 6.42 Å². The van der Waals surface area contributed by atoms with Crippen LogP contribution in [0.3, 0.4) is 0 Å². The van der Waals surface area contributed by atoms with Gasteiger partial charge >= 0.3 is 0 Å². The van der Waals surface area contributed by atoms with E-state index >= 15 is 0 Å². The predicted octanol–water partition coefficient (Wildman–Crippen LogP) is 4.51. The predicted molar refractivity (Wildman–Crippen MR) is 87.7 cm³/mol. The summed E-state index contributed by atoms with van der Waals surface area (Å²) in [6.07, 6.45) is 4.03. The molecule has 0 N–H and O–H groups in total. The van der Waals surface area contributed by atoms with Crippen LogP contribution in [0.2, 0.25) is 5.02 Å². The third-order valence-corrected chi connectivity index (χ3v) is 4.03. The molecule has 4 heteroatoms. The van der Waals surface area contributed by atoms with Gasteiger partial charge in [-0.05, 0) is 47.9 Å². The summed E-state index contributed by atoms with van der Waals surface area (Å²) in [5, 5.41) is 2.72. The maximum atomic E-state index is 11.8. The zero-order valence-corrected chi connectivity index (χ0v) is 12.8. The van der Waals surface area contributed by atoms with Gasteiger partial charge in [0.25, 0.3) is 0 Å². The smallest absolute Gasteiger partial charge is 0.157 e. The lowest BCUT2D eigenvalue weighted by Crippen LogP contribution is -2.20. The Morgan fingerprint density at radius 2 is 2.05 bits per heavy atom. The van der Waals surface area contributed by atoms with Crippen molar-refractivity contribution in [2.75, 3.05) is 18.5 Å². The molecule has 0 bridgehead atoms. The number of carbonyl (C=O) groups excluding carboxylic acids is 1. The standard InChI is InChI=1S/C16H16ClNOS/c1-18(14-6-4-13(17)5-7-14)11-10-15(19)8-9-16-3-2-12-20-16/h2-9,12H,10-11H2,1H3/b9-8+. The molecule has 104 valence electrons. The number of carbonyl (C=O) groups is 1. The SMILES string of the molecule is CN(CCC(=O)/C=C/c1cccs1)c1ccc(Cl)cc1. The summed E-state index contributed by atoms with van der Waals surface area (Å²) in [5.41, 5.74) is 1.06. The number of halogens is 1. The fourth-order valence-corrected chi connectivity index (χ4v) is 2.49. The lowest BCUT2D eigenvalue weighted by atomic mass is 10.2. The molecule has 0 aliphatic carbocycles. The quantitative estimate of drug-likeness (QED) is 0.732. The number of anilines is 1. The molecule has 0 spiro atoms. The molecule has 2 rings (SSSR count). The van der Waals surface area contributed by atoms with Gasteiger partial charge in [-0.3, -0.25) is 4.79 Å². The van der Waals surface area contributed by atoms with E-state index in [1.807, 2.05) is 59.8 Å². The molecule has 20 heavy (non-hydrogen) atoms. The van der Waals surface area contributed by atoms with Gasteiger partial charge in [0.15, 0.2) is 5.78 Å². The van der Waals surface area contributed by atoms with E-state index in [0.29, 0.717) is 13.0 Å². The minimum absolute atomic E-state index is 0.138. The first-order chi connectivity index (χ1) is 9.65. The van der Waals surface area contributed by atoms with Crippen LogP contribution in [-0.2, 0) is 4.79 Å². The first kappa shape index (κ1) is 14.8. The van der Waals surface area contributed by atoms with E-state index < -0.39 is 0 Å². The highest BCUT2D eigenvalue weighted by Crippen LogP contribution is 2.17. The van der Waals surface area contributed by atoms with Crippen LogP contribution in [-0.4, -0.2) is 19.4 Å². The van der Waals surface area contributed by atoms with Gasteiger partial charge in [0, 0.05) is 35.6 Å². The van der Waals surface area contributed by atoms with E-state index in [-0.39, 0.29) is 5.78 Å². The summed E-state index contributed by atoms with van der Waals surface area (Å²) in [6, 6.07) is 11.6. The Hall–Kier alpha value is -1.58. The molecule has 0 aliphatic rings. The van der Waals surface area contributed by atoms with Gasteiger partial charge in [-0.1, -0.05) is 17.7 Å². The Bertz CT molecular complexity index is 575. The molecule has 1 heterocycles. The molecule has 2 nitrogen and oxygen atoms in total. The highest BCUT2D eigenvalue weighted by atomic mass is 35.5. The zero-order chi connectivity index (χ0) is 14.4. The van der Waals surface area contributed by atoms with Crippen LogP contribution in [0.25, 0.3) is 6.08 Å². The first-order valence-corrected chi connectivity index (χ1v) is 7.62. The fourth-order valence-electron chi connectivity index (χ4n) is 1.75. The molecule has 0 radical (unpaired) electrons. The minimum Gasteiger partial charge on any atom is -0.374 e. The Morgan fingerprint density at radius 3 is 2.70 bits per heavy atom. The molecule has 1 aromatic heterocycles. The first-order valence-electron chi connectivity index (χ1n) is 6.36. The van der Waals surface area contributed by atoms with Crippen LogP contribution in [0.5, 0.6) is 0 Å². The average molecular weight is 306 g/mol. The van der Waals surface area contributed by atoms with Crippen molar-refractivity contribution < 1.29 is 4.79 Å². The second kappa shape index (κ2) is 7.27. The van der Waals surface area contributed by atoms with E-state index in [0.717, 1.165) is 15.6 Å². The van der Waals surface area contributed by atoms with E-state index in [9.17, 15) is 4.79 Å². The number of hydrogen-bond donors (Lipinski definition) is 0. The largest absolute Gasteiger partial charge is 0.374 e. The summed E-state index contributed by atoms with van der Waals surface area (Å²) >= 11 is 7.48. The molecule has 0 saturated heterocycles. The zero-order valence-electron chi connectivity index (χ0n) is 11.3. The number of allylic oxidation sites excluding steroid dienone is 1. The Balaban J connectivity index is 1.82. The van der Waals surface area contributed by atoms with Crippen LogP contribution in [0, 0.1) is 0 Å². The van der Waals surface area contributed by atoms with E-state index in [1.165, 1.54) is 0 Å². The van der Waals surface area contributed by atoms with Crippen LogP contribution in [0.1, 0.15) is 11.3 Å². The van der Waals surface area contributed by atoms with Gasteiger partial charge < -0.3 is 4.90 Å². The van der Waals surface area contributed by atoms with Crippen molar-refractivity contribution in [1.82, 2.24) is 0 Å². The van der Waals surface area contributed by atoms with Gasteiger partial charge in [0.1, 0.15) is 0 Å². The molecular weight excluding hydrogens is 290 g/mol. The van der Waals surface area contributed by atoms with E-state index in [2.05, 4.69) is 0 Å². The Morgan fingerprint density at radius 1 is 1.30 bits per heavy atom. The number of thiophene rings is 1. The van der Waals surface area contributed by atoms with Crippen LogP contribution < -0.4 is 4.90 Å². The normalized spacial score (nSPS) is 10.9. The highest BCUT2D eigenvalue weighted by Gasteiger charge is 2.03. The second-order valence-corrected chi connectivity index (χ2v) is 5.88. The maximum absolute atomic E-state index is 11.8. The van der Waals surface area contributed by atoms with Gasteiger partial charge in [-0.25, -0.2) is 0 Å². The summed E-state index contributed by atoms with van der Waals surface area (Å²) in [7, 11) is 1.97. The van der Waals surface area contributed by atoms with Gasteiger partial charge in [-0.15, -0.1) is 11.3 Å². The number of nitrogens with zero attached hydrogens (tertiary/aromatic N) is 1. The lowest BCUT2D eigenvalue weighted by Gasteiger charge is -2.18. The summed E-state index contributed by atoms with van der Waals surface area (Å²) < 4.78 is 0. The molecule has 0 aliphatic heterocycles. The second-order valence-electron chi connectivity index (χ2n) is 4.46. The summed E-state index contributed by atoms with van der Waals surface area (Å²) in [4.78, 5) is 14.9. The summed E-state index contributed by atoms with van der Waals surface area (Å²) in [5.74, 6) is 0.138. The van der Waals surface area contributed by atoms with Gasteiger partial charge in [0.2, 0.25) is 0 Å². The number of ketones is 1. The monoisotopic (exact) mass is 305 g/mol. The molecule has 0 fully saturated rings. The number of hydrogen-bond acceptors (Lipinski definition) is 3. The van der Waals surface area contributed by atoms with E-state index in [1.54, 1.807) is 17.4 Å². The van der Waals surface area contributed by atoms with E-state index in [4.69, 9.17) is 11.6 Å². The topological polar surface area (TPSA) is 20.3 Å². The van der Waals surface area contributed by atoms with Crippen molar-refractivity contribution in [3.05, 3.63) is 57.8 Å². The van der Waals surface area contributed by atoms with Crippen LogP contribution in [0.4, 0.5) is 5.69 Å². The van der Waals surface area contributed by atoms with Crippen molar-refractivity contribution in [1.29, 1.82) is 0 Å². The van der Waals surface area contributed by atoms with Gasteiger partial charge in [0.05, 0.1) is 0 Å². The van der Waals surface area contributed by atoms with Crippen molar-refractivity contribution >= 4 is 40.5 Å². The van der Waals surface area contributed by atoms with Crippen molar-refractivity contribution in [2.24, 2.45) is 0 Å². The molecular formula is C16H16ClNOS. The lowest BCUT2D eigenvalue weighted by molar-refractivity contribution is -0.114. The summed E-state index contributed by atoms with van der Waals surface area (Å²) in [6.45, 7) is 0.690. The third kappa shape index (κ3) is 4.51. The van der Waals surface area contributed by atoms with Gasteiger partial charge in [-0.2, -0.15) is 0 Å². The molecule has 0 atom stereocenters. The van der Waals surface area contributed by atoms with Crippen molar-refractivity contribution in [3.63, 3.8) is 0 Å². The third-order valence-electron chi connectivity index (χ3n) is 2.94.